The Bertz CT molecular complexity index is 647. The maximum Gasteiger partial charge on any atom is 0.237 e. The van der Waals surface area contributed by atoms with Gasteiger partial charge in [0.2, 0.25) is 11.7 Å². The Kier molecular flexibility index (Phi) is 3.52. The number of rotatable bonds is 4. The molecule has 3 rings (SSSR count). The Balaban J connectivity index is 1.66. The van der Waals surface area contributed by atoms with Gasteiger partial charge in [-0.2, -0.15) is 16.3 Å². The van der Waals surface area contributed by atoms with Crippen LogP contribution in [0.1, 0.15) is 5.89 Å². The number of thiophene rings is 1. The van der Waals surface area contributed by atoms with Crippen LogP contribution in [0.4, 0.5) is 5.69 Å². The molecule has 0 amide bonds. The number of benzene rings is 1. The summed E-state index contributed by atoms with van der Waals surface area (Å²) in [7, 11) is 0. The maximum absolute atomic E-state index is 5.64. The molecule has 0 aliphatic rings. The van der Waals surface area contributed by atoms with Crippen LogP contribution in [0.5, 0.6) is 0 Å². The van der Waals surface area contributed by atoms with E-state index >= 15 is 0 Å². The van der Waals surface area contributed by atoms with Crippen LogP contribution in [0, 0.1) is 0 Å². The molecular formula is C13H11N3OS2. The topological polar surface area (TPSA) is 64.9 Å². The van der Waals surface area contributed by atoms with E-state index in [1.54, 1.807) is 23.1 Å². The van der Waals surface area contributed by atoms with Crippen LogP contribution in [0.25, 0.3) is 11.4 Å². The van der Waals surface area contributed by atoms with Crippen LogP contribution in [0.2, 0.25) is 0 Å². The summed E-state index contributed by atoms with van der Waals surface area (Å²) in [6, 6.07) is 9.71. The second-order valence-electron chi connectivity index (χ2n) is 3.88. The van der Waals surface area contributed by atoms with Gasteiger partial charge in [0.05, 0.1) is 5.75 Å². The molecule has 0 saturated heterocycles. The average molecular weight is 289 g/mol. The molecule has 2 aromatic heterocycles. The van der Waals surface area contributed by atoms with Crippen molar-refractivity contribution in [3.63, 3.8) is 0 Å². The number of thioether (sulfide) groups is 1. The van der Waals surface area contributed by atoms with E-state index in [4.69, 9.17) is 10.3 Å². The zero-order valence-electron chi connectivity index (χ0n) is 9.95. The van der Waals surface area contributed by atoms with Crippen LogP contribution in [-0.2, 0) is 5.75 Å². The number of hydrogen-bond donors (Lipinski definition) is 1. The van der Waals surface area contributed by atoms with Gasteiger partial charge in [0.1, 0.15) is 0 Å². The summed E-state index contributed by atoms with van der Waals surface area (Å²) in [6.07, 6.45) is 0. The van der Waals surface area contributed by atoms with Gasteiger partial charge in [-0.1, -0.05) is 5.16 Å². The summed E-state index contributed by atoms with van der Waals surface area (Å²) >= 11 is 3.26. The largest absolute Gasteiger partial charge is 0.399 e. The summed E-state index contributed by atoms with van der Waals surface area (Å²) in [4.78, 5) is 5.50. The van der Waals surface area contributed by atoms with E-state index in [1.807, 2.05) is 41.1 Å². The fraction of sp³-hybridized carbons (Fsp3) is 0.0769. The summed E-state index contributed by atoms with van der Waals surface area (Å²) in [5, 5.41) is 7.97. The van der Waals surface area contributed by atoms with E-state index in [-0.39, 0.29) is 0 Å². The predicted molar refractivity (Wildman–Crippen MR) is 78.0 cm³/mol. The van der Waals surface area contributed by atoms with E-state index in [0.717, 1.165) is 16.1 Å². The number of aromatic nitrogens is 2. The third-order valence-electron chi connectivity index (χ3n) is 2.49. The molecule has 0 radical (unpaired) electrons. The van der Waals surface area contributed by atoms with E-state index < -0.39 is 0 Å². The van der Waals surface area contributed by atoms with Crippen molar-refractivity contribution in [3.05, 3.63) is 47.0 Å². The molecule has 0 atom stereocenters. The number of nitrogen functional groups attached to an aromatic ring is 1. The molecule has 0 aliphatic carbocycles. The molecule has 2 heterocycles. The van der Waals surface area contributed by atoms with Crippen molar-refractivity contribution in [2.24, 2.45) is 0 Å². The van der Waals surface area contributed by atoms with Crippen molar-refractivity contribution in [2.75, 3.05) is 5.73 Å². The fourth-order valence-electron chi connectivity index (χ4n) is 1.53. The number of nitrogens with two attached hydrogens (primary N) is 1. The lowest BCUT2D eigenvalue weighted by atomic mass is 10.3. The van der Waals surface area contributed by atoms with Crippen molar-refractivity contribution in [1.82, 2.24) is 10.1 Å². The Hall–Kier alpha value is -1.79. The Morgan fingerprint density at radius 2 is 2.05 bits per heavy atom. The molecule has 6 heteroatoms. The van der Waals surface area contributed by atoms with Gasteiger partial charge >= 0.3 is 0 Å². The highest BCUT2D eigenvalue weighted by Gasteiger charge is 2.09. The Labute approximate surface area is 118 Å². The number of anilines is 1. The van der Waals surface area contributed by atoms with Crippen LogP contribution in [0.3, 0.4) is 0 Å². The SMILES string of the molecule is Nc1ccc(SCc2nc(-c3ccsc3)no2)cc1. The quantitative estimate of drug-likeness (QED) is 0.586. The van der Waals surface area contributed by atoms with Crippen molar-refractivity contribution >= 4 is 28.8 Å². The first-order valence-electron chi connectivity index (χ1n) is 5.65. The number of hydrogen-bond acceptors (Lipinski definition) is 6. The predicted octanol–water partition coefficient (Wildman–Crippen LogP) is 3.67. The molecule has 96 valence electrons. The molecule has 0 saturated carbocycles. The van der Waals surface area contributed by atoms with E-state index in [1.165, 1.54) is 0 Å². The van der Waals surface area contributed by atoms with Crippen LogP contribution >= 0.6 is 23.1 Å². The van der Waals surface area contributed by atoms with Crippen LogP contribution in [-0.4, -0.2) is 10.1 Å². The smallest absolute Gasteiger partial charge is 0.237 e. The van der Waals surface area contributed by atoms with E-state index in [0.29, 0.717) is 17.5 Å². The molecule has 0 spiro atoms. The second kappa shape index (κ2) is 5.46. The molecule has 0 aliphatic heterocycles. The minimum absolute atomic E-state index is 0.628. The molecule has 3 aromatic rings. The highest BCUT2D eigenvalue weighted by molar-refractivity contribution is 7.98. The van der Waals surface area contributed by atoms with Crippen LogP contribution < -0.4 is 5.73 Å². The second-order valence-corrected chi connectivity index (χ2v) is 5.71. The summed E-state index contributed by atoms with van der Waals surface area (Å²) < 4.78 is 5.23. The molecular weight excluding hydrogens is 278 g/mol. The highest BCUT2D eigenvalue weighted by atomic mass is 32.2. The first kappa shape index (κ1) is 12.3. The van der Waals surface area contributed by atoms with E-state index in [9.17, 15) is 0 Å². The molecule has 0 unspecified atom stereocenters. The zero-order valence-corrected chi connectivity index (χ0v) is 11.6. The van der Waals surface area contributed by atoms with Crippen LogP contribution in [0.15, 0.2) is 50.5 Å². The summed E-state index contributed by atoms with van der Waals surface area (Å²) in [6.45, 7) is 0. The Morgan fingerprint density at radius 1 is 1.21 bits per heavy atom. The van der Waals surface area contributed by atoms with Crippen molar-refractivity contribution < 1.29 is 4.52 Å². The normalized spacial score (nSPS) is 10.7. The summed E-state index contributed by atoms with van der Waals surface area (Å²) in [5.41, 5.74) is 7.41. The van der Waals surface area contributed by atoms with Gasteiger partial charge < -0.3 is 10.3 Å². The van der Waals surface area contributed by atoms with Gasteiger partial charge in [-0.15, -0.1) is 11.8 Å². The molecule has 2 N–H and O–H groups in total. The van der Waals surface area contributed by atoms with Gasteiger partial charge in [-0.05, 0) is 35.7 Å². The van der Waals surface area contributed by atoms with Gasteiger partial charge in [-0.25, -0.2) is 0 Å². The third kappa shape index (κ3) is 2.97. The molecule has 1 aromatic carbocycles. The average Bonchev–Trinajstić information content (AvgIpc) is 3.09. The first-order chi connectivity index (χ1) is 9.31. The lowest BCUT2D eigenvalue weighted by Gasteiger charge is -1.98. The minimum Gasteiger partial charge on any atom is -0.399 e. The molecule has 0 bridgehead atoms. The van der Waals surface area contributed by atoms with Gasteiger partial charge in [0.15, 0.2) is 0 Å². The van der Waals surface area contributed by atoms with E-state index in [2.05, 4.69) is 10.1 Å². The molecule has 19 heavy (non-hydrogen) atoms. The van der Waals surface area contributed by atoms with Crippen molar-refractivity contribution in [3.8, 4) is 11.4 Å². The van der Waals surface area contributed by atoms with Gasteiger partial charge in [0.25, 0.3) is 0 Å². The minimum atomic E-state index is 0.628. The fourth-order valence-corrected chi connectivity index (χ4v) is 2.90. The number of nitrogens with zero attached hydrogens (tertiary/aromatic N) is 2. The molecule has 0 fully saturated rings. The van der Waals surface area contributed by atoms with Crippen molar-refractivity contribution in [2.45, 2.75) is 10.6 Å². The standard InChI is InChI=1S/C13H11N3OS2/c14-10-1-3-11(4-2-10)19-8-12-15-13(16-17-12)9-5-6-18-7-9/h1-7H,8,14H2. The third-order valence-corrected chi connectivity index (χ3v) is 4.17. The maximum atomic E-state index is 5.64. The van der Waals surface area contributed by atoms with Gasteiger partial charge in [-0.3, -0.25) is 0 Å². The zero-order chi connectivity index (χ0) is 13.1. The summed E-state index contributed by atoms with van der Waals surface area (Å²) in [5.74, 6) is 1.93. The van der Waals surface area contributed by atoms with Gasteiger partial charge in [0, 0.05) is 21.5 Å². The monoisotopic (exact) mass is 289 g/mol. The highest BCUT2D eigenvalue weighted by Crippen LogP contribution is 2.24. The lowest BCUT2D eigenvalue weighted by Crippen LogP contribution is -1.84. The molecule has 4 nitrogen and oxygen atoms in total. The Morgan fingerprint density at radius 3 is 2.79 bits per heavy atom. The lowest BCUT2D eigenvalue weighted by molar-refractivity contribution is 0.391. The van der Waals surface area contributed by atoms with Crippen molar-refractivity contribution in [1.29, 1.82) is 0 Å². The first-order valence-corrected chi connectivity index (χ1v) is 7.57.